The first-order valence-electron chi connectivity index (χ1n) is 18.1. The maximum absolute atomic E-state index is 5.96. The summed E-state index contributed by atoms with van der Waals surface area (Å²) in [5.74, 6) is 1.54. The molecular weight excluding hydrogens is 661 g/mol. The summed E-state index contributed by atoms with van der Waals surface area (Å²) in [6, 6.07) is 54.9. The number of anilines is 4. The highest BCUT2D eigenvalue weighted by Gasteiger charge is 2.10. The van der Waals surface area contributed by atoms with Gasteiger partial charge in [-0.25, -0.2) is 0 Å². The molecule has 7 rings (SSSR count). The van der Waals surface area contributed by atoms with Crippen LogP contribution in [0.4, 0.5) is 22.7 Å². The minimum absolute atomic E-state index is 0.758. The van der Waals surface area contributed by atoms with Gasteiger partial charge >= 0.3 is 0 Å². The fraction of sp³-hybridized carbons (Fsp3) is 0.0800. The molecule has 0 atom stereocenters. The van der Waals surface area contributed by atoms with Crippen molar-refractivity contribution in [1.29, 1.82) is 0 Å². The minimum atomic E-state index is 0.758. The Morgan fingerprint density at radius 2 is 0.870 bits per heavy atom. The van der Waals surface area contributed by atoms with Crippen molar-refractivity contribution in [3.05, 3.63) is 191 Å². The van der Waals surface area contributed by atoms with Gasteiger partial charge in [-0.1, -0.05) is 145 Å². The minimum Gasteiger partial charge on any atom is -0.497 e. The van der Waals surface area contributed by atoms with Crippen molar-refractivity contribution in [2.24, 2.45) is 0 Å². The van der Waals surface area contributed by atoms with Gasteiger partial charge in [-0.15, -0.1) is 0 Å². The fourth-order valence-electron chi connectivity index (χ4n) is 6.60. The lowest BCUT2D eigenvalue weighted by atomic mass is 10.0. The number of benzene rings is 7. The van der Waals surface area contributed by atoms with Crippen LogP contribution in [0.2, 0.25) is 0 Å². The third kappa shape index (κ3) is 8.63. The van der Waals surface area contributed by atoms with Crippen LogP contribution in [-0.4, -0.2) is 14.2 Å². The van der Waals surface area contributed by atoms with Gasteiger partial charge in [-0.2, -0.15) is 0 Å². The molecule has 4 heteroatoms. The Bertz CT molecular complexity index is 2260. The van der Waals surface area contributed by atoms with Crippen LogP contribution >= 0.6 is 0 Å². The Morgan fingerprint density at radius 3 is 1.28 bits per heavy atom. The van der Waals surface area contributed by atoms with Crippen LogP contribution in [0.15, 0.2) is 158 Å². The number of rotatable bonds is 12. The van der Waals surface area contributed by atoms with Crippen molar-refractivity contribution < 1.29 is 9.47 Å². The van der Waals surface area contributed by atoms with Crippen LogP contribution in [-0.2, 0) is 0 Å². The number of nitrogens with one attached hydrogen (secondary N) is 2. The summed E-state index contributed by atoms with van der Waals surface area (Å²) < 4.78 is 11.7. The molecule has 0 fully saturated rings. The predicted octanol–water partition coefficient (Wildman–Crippen LogP) is 13.5. The molecule has 0 heterocycles. The number of aryl methyl sites for hydroxylation is 2. The quantitative estimate of drug-likeness (QED) is 0.124. The van der Waals surface area contributed by atoms with E-state index in [4.69, 9.17) is 9.47 Å². The summed E-state index contributed by atoms with van der Waals surface area (Å²) >= 11 is 0. The van der Waals surface area contributed by atoms with Gasteiger partial charge < -0.3 is 20.1 Å². The summed E-state index contributed by atoms with van der Waals surface area (Å²) in [5, 5.41) is 7.22. The van der Waals surface area contributed by atoms with Crippen molar-refractivity contribution in [3.8, 4) is 33.8 Å². The van der Waals surface area contributed by atoms with E-state index in [9.17, 15) is 0 Å². The summed E-state index contributed by atoms with van der Waals surface area (Å²) in [4.78, 5) is 0. The normalized spacial score (nSPS) is 11.2. The Kier molecular flexibility index (Phi) is 11.0. The van der Waals surface area contributed by atoms with Crippen LogP contribution in [0.1, 0.15) is 33.4 Å². The van der Waals surface area contributed by atoms with Crippen LogP contribution in [0.25, 0.3) is 46.6 Å². The van der Waals surface area contributed by atoms with Gasteiger partial charge in [0, 0.05) is 45.0 Å². The van der Waals surface area contributed by atoms with E-state index < -0.39 is 0 Å². The smallest absolute Gasteiger partial charge is 0.133 e. The molecule has 0 aliphatic rings. The van der Waals surface area contributed by atoms with Crippen molar-refractivity contribution in [2.75, 3.05) is 24.9 Å². The maximum Gasteiger partial charge on any atom is 0.133 e. The number of ether oxygens (including phenoxy) is 2. The molecular formula is C50H44N2O2. The number of para-hydroxylation sites is 2. The second kappa shape index (κ2) is 16.7. The van der Waals surface area contributed by atoms with E-state index in [1.165, 1.54) is 33.4 Å². The lowest BCUT2D eigenvalue weighted by Crippen LogP contribution is -1.94. The molecule has 7 aromatic carbocycles. The summed E-state index contributed by atoms with van der Waals surface area (Å²) in [6.07, 6.45) is 8.34. The number of hydrogen-bond acceptors (Lipinski definition) is 4. The van der Waals surface area contributed by atoms with Crippen LogP contribution in [0, 0.1) is 13.8 Å². The van der Waals surface area contributed by atoms with Gasteiger partial charge in [-0.3, -0.25) is 0 Å². The highest BCUT2D eigenvalue weighted by molar-refractivity contribution is 5.84. The molecule has 0 unspecified atom stereocenters. The van der Waals surface area contributed by atoms with Crippen molar-refractivity contribution in [3.63, 3.8) is 0 Å². The van der Waals surface area contributed by atoms with Crippen molar-refractivity contribution >= 4 is 47.1 Å². The Labute approximate surface area is 319 Å². The molecule has 2 N–H and O–H groups in total. The largest absolute Gasteiger partial charge is 0.497 e. The monoisotopic (exact) mass is 704 g/mol. The van der Waals surface area contributed by atoms with Gasteiger partial charge in [-0.05, 0) is 84.6 Å². The molecule has 0 radical (unpaired) electrons. The van der Waals surface area contributed by atoms with Gasteiger partial charge in [0.1, 0.15) is 11.5 Å². The van der Waals surface area contributed by atoms with Gasteiger partial charge in [0.15, 0.2) is 0 Å². The fourth-order valence-corrected chi connectivity index (χ4v) is 6.60. The molecule has 4 nitrogen and oxygen atoms in total. The zero-order chi connectivity index (χ0) is 37.3. The molecule has 0 aromatic heterocycles. The Balaban J connectivity index is 1.06. The summed E-state index contributed by atoms with van der Waals surface area (Å²) in [6.45, 7) is 4.24. The average Bonchev–Trinajstić information content (AvgIpc) is 3.20. The number of hydrogen-bond donors (Lipinski definition) is 2. The van der Waals surface area contributed by atoms with E-state index >= 15 is 0 Å². The van der Waals surface area contributed by atoms with Gasteiger partial charge in [0.2, 0.25) is 0 Å². The second-order valence-corrected chi connectivity index (χ2v) is 13.3. The second-order valence-electron chi connectivity index (χ2n) is 13.3. The highest BCUT2D eigenvalue weighted by atomic mass is 16.5. The first-order valence-corrected chi connectivity index (χ1v) is 18.1. The van der Waals surface area contributed by atoms with Gasteiger partial charge in [0.05, 0.1) is 14.2 Å². The molecule has 0 bridgehead atoms. The zero-order valence-corrected chi connectivity index (χ0v) is 31.1. The third-order valence-corrected chi connectivity index (χ3v) is 9.36. The van der Waals surface area contributed by atoms with Crippen LogP contribution in [0.3, 0.4) is 0 Å². The van der Waals surface area contributed by atoms with Crippen LogP contribution in [0.5, 0.6) is 11.5 Å². The standard InChI is InChI=1S/C50H44N2O2/c1-35-11-9-13-39(31-35)46-15-5-7-17-48(46)51-43-27-21-37(22-28-43)19-25-41-33-45(53-3)34-42(50(41)54-4)26-20-38-23-29-44(30-24-38)52-49-18-8-6-16-47(49)40-14-10-12-36(2)32-40/h5-34,51-52H,1-4H3. The predicted molar refractivity (Wildman–Crippen MR) is 230 cm³/mol. The van der Waals surface area contributed by atoms with E-state index in [0.29, 0.717) is 0 Å². The molecule has 7 aromatic rings. The average molecular weight is 705 g/mol. The van der Waals surface area contributed by atoms with Crippen molar-refractivity contribution in [2.45, 2.75) is 13.8 Å². The molecule has 0 aliphatic carbocycles. The first kappa shape index (κ1) is 35.6. The molecule has 266 valence electrons. The van der Waals surface area contributed by atoms with E-state index in [2.05, 4.69) is 194 Å². The molecule has 0 saturated heterocycles. The maximum atomic E-state index is 5.96. The lowest BCUT2D eigenvalue weighted by molar-refractivity contribution is 0.401. The molecule has 0 spiro atoms. The van der Waals surface area contributed by atoms with E-state index in [1.807, 2.05) is 12.1 Å². The topological polar surface area (TPSA) is 42.5 Å². The molecule has 0 saturated carbocycles. The Morgan fingerprint density at radius 1 is 0.426 bits per heavy atom. The molecule has 54 heavy (non-hydrogen) atoms. The summed E-state index contributed by atoms with van der Waals surface area (Å²) in [7, 11) is 3.40. The van der Waals surface area contributed by atoms with Crippen LogP contribution < -0.4 is 20.1 Å². The zero-order valence-electron chi connectivity index (χ0n) is 31.1. The van der Waals surface area contributed by atoms with E-state index in [0.717, 1.165) is 56.5 Å². The van der Waals surface area contributed by atoms with E-state index in [-0.39, 0.29) is 0 Å². The summed E-state index contributed by atoms with van der Waals surface area (Å²) in [5.41, 5.74) is 15.4. The first-order chi connectivity index (χ1) is 26.4. The van der Waals surface area contributed by atoms with E-state index in [1.54, 1.807) is 14.2 Å². The van der Waals surface area contributed by atoms with Gasteiger partial charge in [0.25, 0.3) is 0 Å². The SMILES string of the molecule is COc1cc(C=Cc2ccc(Nc3ccccc3-c3cccc(C)c3)cc2)c(OC)c(C=Cc2ccc(Nc3ccccc3-c3cccc(C)c3)cc2)c1. The Hall–Kier alpha value is -6.78. The number of methoxy groups -OCH3 is 2. The van der Waals surface area contributed by atoms with Crippen molar-refractivity contribution in [1.82, 2.24) is 0 Å². The lowest BCUT2D eigenvalue weighted by Gasteiger charge is -2.13. The molecule has 0 aliphatic heterocycles. The highest BCUT2D eigenvalue weighted by Crippen LogP contribution is 2.35. The third-order valence-electron chi connectivity index (χ3n) is 9.36. The molecule has 0 amide bonds.